The average Bonchev–Trinajstić information content (AvgIpc) is 2.41. The number of aromatic nitrogens is 1. The molecule has 0 aliphatic carbocycles. The number of benzene rings is 1. The number of hydrogen-bond donors (Lipinski definition) is 1. The lowest BCUT2D eigenvalue weighted by atomic mass is 10.1. The highest BCUT2D eigenvalue weighted by molar-refractivity contribution is 6.30. The smallest absolute Gasteiger partial charge is 0.134 e. The third-order valence-electron chi connectivity index (χ3n) is 3.35. The molecule has 2 aromatic rings. The lowest BCUT2D eigenvalue weighted by Crippen LogP contribution is -2.42. The first-order valence-electron chi connectivity index (χ1n) is 6.30. The molecule has 4 heteroatoms. The Bertz CT molecular complexity index is 550. The van der Waals surface area contributed by atoms with E-state index >= 15 is 0 Å². The van der Waals surface area contributed by atoms with Crippen molar-refractivity contribution in [3.63, 3.8) is 0 Å². The molecular weight excluding hydrogens is 246 g/mol. The second-order valence-electron chi connectivity index (χ2n) is 4.66. The van der Waals surface area contributed by atoms with E-state index in [-0.39, 0.29) is 0 Å². The van der Waals surface area contributed by atoms with Crippen LogP contribution in [0.4, 0.5) is 0 Å². The number of hydrogen-bond acceptors (Lipinski definition) is 3. The van der Waals surface area contributed by atoms with Gasteiger partial charge in [-0.2, -0.15) is 0 Å². The molecule has 0 radical (unpaired) electrons. The summed E-state index contributed by atoms with van der Waals surface area (Å²) in [4.78, 5) is 6.88. The van der Waals surface area contributed by atoms with E-state index in [9.17, 15) is 0 Å². The summed E-state index contributed by atoms with van der Waals surface area (Å²) in [5.74, 6) is 0. The standard InChI is InChI=1S/C14H16ClN3/c15-14-12(10-18-7-5-16-6-8-18)9-11-3-1-2-4-13(11)17-14/h1-4,9,16H,5-8,10H2. The average molecular weight is 262 g/mol. The molecule has 1 aliphatic heterocycles. The van der Waals surface area contributed by atoms with Crippen molar-refractivity contribution in [3.8, 4) is 0 Å². The van der Waals surface area contributed by atoms with Gasteiger partial charge in [-0.05, 0) is 12.1 Å². The topological polar surface area (TPSA) is 28.2 Å². The SMILES string of the molecule is Clc1nc2ccccc2cc1CN1CCNCC1. The molecule has 0 atom stereocenters. The minimum atomic E-state index is 0.632. The molecule has 1 aliphatic rings. The highest BCUT2D eigenvalue weighted by Gasteiger charge is 2.12. The highest BCUT2D eigenvalue weighted by Crippen LogP contribution is 2.21. The molecule has 3 rings (SSSR count). The summed E-state index contributed by atoms with van der Waals surface area (Å²) >= 11 is 6.27. The van der Waals surface area contributed by atoms with Crippen molar-refractivity contribution >= 4 is 22.5 Å². The van der Waals surface area contributed by atoms with Gasteiger partial charge in [-0.25, -0.2) is 4.98 Å². The number of piperazine rings is 1. The van der Waals surface area contributed by atoms with E-state index < -0.39 is 0 Å². The van der Waals surface area contributed by atoms with Crippen LogP contribution >= 0.6 is 11.6 Å². The van der Waals surface area contributed by atoms with Gasteiger partial charge in [0.25, 0.3) is 0 Å². The number of nitrogens with one attached hydrogen (secondary N) is 1. The summed E-state index contributed by atoms with van der Waals surface area (Å²) in [6.45, 7) is 5.14. The second kappa shape index (κ2) is 5.22. The van der Waals surface area contributed by atoms with Crippen molar-refractivity contribution in [1.29, 1.82) is 0 Å². The third-order valence-corrected chi connectivity index (χ3v) is 3.68. The van der Waals surface area contributed by atoms with E-state index in [1.807, 2.05) is 18.2 Å². The van der Waals surface area contributed by atoms with Gasteiger partial charge in [0.15, 0.2) is 0 Å². The van der Waals surface area contributed by atoms with Crippen LogP contribution in [0.1, 0.15) is 5.56 Å². The van der Waals surface area contributed by atoms with Crippen molar-refractivity contribution in [2.45, 2.75) is 6.54 Å². The molecule has 18 heavy (non-hydrogen) atoms. The first kappa shape index (κ1) is 11.9. The van der Waals surface area contributed by atoms with E-state index in [0.29, 0.717) is 5.15 Å². The zero-order valence-electron chi connectivity index (χ0n) is 10.2. The summed E-state index contributed by atoms with van der Waals surface area (Å²) < 4.78 is 0. The molecule has 1 N–H and O–H groups in total. The Balaban J connectivity index is 1.88. The molecule has 94 valence electrons. The highest BCUT2D eigenvalue weighted by atomic mass is 35.5. The maximum absolute atomic E-state index is 6.27. The summed E-state index contributed by atoms with van der Waals surface area (Å²) in [5.41, 5.74) is 2.09. The van der Waals surface area contributed by atoms with Crippen LogP contribution in [-0.2, 0) is 6.54 Å². The zero-order chi connectivity index (χ0) is 12.4. The van der Waals surface area contributed by atoms with Crippen molar-refractivity contribution in [2.75, 3.05) is 26.2 Å². The number of para-hydroxylation sites is 1. The largest absolute Gasteiger partial charge is 0.314 e. The third kappa shape index (κ3) is 2.48. The number of rotatable bonds is 2. The predicted octanol–water partition coefficient (Wildman–Crippen LogP) is 2.29. The molecule has 0 saturated carbocycles. The fourth-order valence-corrected chi connectivity index (χ4v) is 2.56. The number of pyridine rings is 1. The lowest BCUT2D eigenvalue weighted by Gasteiger charge is -2.27. The molecule has 2 heterocycles. The van der Waals surface area contributed by atoms with Gasteiger partial charge in [0.05, 0.1) is 5.52 Å². The molecule has 0 unspecified atom stereocenters. The van der Waals surface area contributed by atoms with Gasteiger partial charge in [-0.3, -0.25) is 4.90 Å². The maximum Gasteiger partial charge on any atom is 0.134 e. The van der Waals surface area contributed by atoms with Crippen molar-refractivity contribution in [1.82, 2.24) is 15.2 Å². The fourth-order valence-electron chi connectivity index (χ4n) is 2.36. The summed E-state index contributed by atoms with van der Waals surface area (Å²) in [5, 5.41) is 5.15. The fraction of sp³-hybridized carbons (Fsp3) is 0.357. The van der Waals surface area contributed by atoms with Gasteiger partial charge >= 0.3 is 0 Å². The molecule has 0 amide bonds. The van der Waals surface area contributed by atoms with Crippen LogP contribution in [0.15, 0.2) is 30.3 Å². The predicted molar refractivity (Wildman–Crippen MR) is 74.9 cm³/mol. The normalized spacial score (nSPS) is 17.2. The first-order chi connectivity index (χ1) is 8.83. The van der Waals surface area contributed by atoms with Gasteiger partial charge in [0.2, 0.25) is 0 Å². The van der Waals surface area contributed by atoms with E-state index in [1.54, 1.807) is 0 Å². The van der Waals surface area contributed by atoms with E-state index in [2.05, 4.69) is 27.3 Å². The van der Waals surface area contributed by atoms with E-state index in [4.69, 9.17) is 11.6 Å². The molecule has 0 bridgehead atoms. The molecule has 3 nitrogen and oxygen atoms in total. The second-order valence-corrected chi connectivity index (χ2v) is 5.02. The minimum Gasteiger partial charge on any atom is -0.314 e. The molecule has 1 aromatic heterocycles. The van der Waals surface area contributed by atoms with Crippen molar-refractivity contribution in [3.05, 3.63) is 41.0 Å². The van der Waals surface area contributed by atoms with Gasteiger partial charge in [-0.1, -0.05) is 29.8 Å². The van der Waals surface area contributed by atoms with Crippen LogP contribution < -0.4 is 5.32 Å². The molecular formula is C14H16ClN3. The Kier molecular flexibility index (Phi) is 3.46. The van der Waals surface area contributed by atoms with Crippen LogP contribution in [0.3, 0.4) is 0 Å². The first-order valence-corrected chi connectivity index (χ1v) is 6.68. The molecule has 1 aromatic carbocycles. The van der Waals surface area contributed by atoms with Crippen LogP contribution in [0.25, 0.3) is 10.9 Å². The minimum absolute atomic E-state index is 0.632. The molecule has 1 fully saturated rings. The van der Waals surface area contributed by atoms with Gasteiger partial charge in [0, 0.05) is 43.7 Å². The van der Waals surface area contributed by atoms with Crippen molar-refractivity contribution in [2.24, 2.45) is 0 Å². The van der Waals surface area contributed by atoms with Crippen LogP contribution in [0.5, 0.6) is 0 Å². The number of fused-ring (bicyclic) bond motifs is 1. The Hall–Kier alpha value is -1.16. The van der Waals surface area contributed by atoms with E-state index in [0.717, 1.165) is 49.2 Å². The molecule has 1 saturated heterocycles. The number of nitrogens with zero attached hydrogens (tertiary/aromatic N) is 2. The Morgan fingerprint density at radius 1 is 1.22 bits per heavy atom. The van der Waals surface area contributed by atoms with E-state index in [1.165, 1.54) is 0 Å². The Morgan fingerprint density at radius 2 is 2.00 bits per heavy atom. The maximum atomic E-state index is 6.27. The monoisotopic (exact) mass is 261 g/mol. The van der Waals surface area contributed by atoms with Gasteiger partial charge < -0.3 is 5.32 Å². The van der Waals surface area contributed by atoms with Crippen LogP contribution in [-0.4, -0.2) is 36.1 Å². The quantitative estimate of drug-likeness (QED) is 0.841. The number of halogens is 1. The lowest BCUT2D eigenvalue weighted by molar-refractivity contribution is 0.233. The van der Waals surface area contributed by atoms with Gasteiger partial charge in [0.1, 0.15) is 5.15 Å². The zero-order valence-corrected chi connectivity index (χ0v) is 11.0. The van der Waals surface area contributed by atoms with Crippen LogP contribution in [0, 0.1) is 0 Å². The summed E-state index contributed by atoms with van der Waals surface area (Å²) in [6.07, 6.45) is 0. The summed E-state index contributed by atoms with van der Waals surface area (Å²) in [7, 11) is 0. The van der Waals surface area contributed by atoms with Crippen LogP contribution in [0.2, 0.25) is 5.15 Å². The van der Waals surface area contributed by atoms with Gasteiger partial charge in [-0.15, -0.1) is 0 Å². The van der Waals surface area contributed by atoms with Crippen molar-refractivity contribution < 1.29 is 0 Å². The molecule has 0 spiro atoms. The Labute approximate surface area is 112 Å². The summed E-state index contributed by atoms with van der Waals surface area (Å²) in [6, 6.07) is 10.3. The Morgan fingerprint density at radius 3 is 2.83 bits per heavy atom.